The van der Waals surface area contributed by atoms with Crippen molar-refractivity contribution in [2.45, 2.75) is 45.2 Å². The largest absolute Gasteiger partial charge is 0.468 e. The minimum atomic E-state index is 0. The molecule has 0 saturated carbocycles. The summed E-state index contributed by atoms with van der Waals surface area (Å²) in [6.45, 7) is 6.87. The number of likely N-dealkylation sites (tertiary alicyclic amines) is 1. The first-order chi connectivity index (χ1) is 15.3. The highest BCUT2D eigenvalue weighted by atomic mass is 127. The Balaban J connectivity index is 0.00000289. The molecule has 0 amide bonds. The van der Waals surface area contributed by atoms with Crippen LogP contribution >= 0.6 is 24.0 Å². The summed E-state index contributed by atoms with van der Waals surface area (Å²) in [6, 6.07) is 12.6. The molecule has 1 aliphatic heterocycles. The molecule has 7 nitrogen and oxygen atoms in total. The zero-order valence-electron chi connectivity index (χ0n) is 19.1. The Morgan fingerprint density at radius 3 is 2.69 bits per heavy atom. The number of para-hydroxylation sites is 2. The van der Waals surface area contributed by atoms with E-state index < -0.39 is 0 Å². The van der Waals surface area contributed by atoms with Gasteiger partial charge in [0.2, 0.25) is 0 Å². The quantitative estimate of drug-likeness (QED) is 0.189. The maximum atomic E-state index is 5.75. The van der Waals surface area contributed by atoms with E-state index in [1.54, 1.807) is 6.26 Å². The highest BCUT2D eigenvalue weighted by Crippen LogP contribution is 2.24. The number of aromatic nitrogens is 2. The van der Waals surface area contributed by atoms with Gasteiger partial charge < -0.3 is 19.6 Å². The van der Waals surface area contributed by atoms with E-state index in [0.29, 0.717) is 0 Å². The van der Waals surface area contributed by atoms with Crippen LogP contribution in [0.3, 0.4) is 0 Å². The van der Waals surface area contributed by atoms with Crippen molar-refractivity contribution >= 4 is 41.0 Å². The molecule has 3 aromatic rings. The lowest BCUT2D eigenvalue weighted by atomic mass is 10.1. The average molecular weight is 550 g/mol. The Morgan fingerprint density at radius 1 is 1.12 bits per heavy atom. The van der Waals surface area contributed by atoms with Crippen molar-refractivity contribution < 1.29 is 4.42 Å². The molecule has 1 aliphatic rings. The Labute approximate surface area is 207 Å². The number of hydrogen-bond acceptors (Lipinski definition) is 4. The van der Waals surface area contributed by atoms with E-state index in [2.05, 4.69) is 61.3 Å². The number of nitrogens with zero attached hydrogens (tertiary/aromatic N) is 4. The molecular weight excluding hydrogens is 515 g/mol. The van der Waals surface area contributed by atoms with Gasteiger partial charge in [-0.05, 0) is 63.5 Å². The highest BCUT2D eigenvalue weighted by Gasteiger charge is 2.24. The smallest absolute Gasteiger partial charge is 0.191 e. The first kappa shape index (κ1) is 24.6. The number of benzene rings is 1. The molecular formula is C24H35IN6O. The van der Waals surface area contributed by atoms with Crippen molar-refractivity contribution in [1.29, 1.82) is 0 Å². The summed E-state index contributed by atoms with van der Waals surface area (Å²) in [5.41, 5.74) is 2.26. The number of hydrogen-bond donors (Lipinski definition) is 2. The number of guanidine groups is 1. The van der Waals surface area contributed by atoms with Crippen molar-refractivity contribution in [2.75, 3.05) is 33.2 Å². The van der Waals surface area contributed by atoms with Gasteiger partial charge in [0.1, 0.15) is 11.6 Å². The lowest BCUT2D eigenvalue weighted by molar-refractivity contribution is 0.146. The van der Waals surface area contributed by atoms with Crippen LogP contribution < -0.4 is 10.6 Å². The lowest BCUT2D eigenvalue weighted by Crippen LogP contribution is -2.44. The van der Waals surface area contributed by atoms with E-state index in [1.165, 1.54) is 24.8 Å². The predicted molar refractivity (Wildman–Crippen MR) is 141 cm³/mol. The summed E-state index contributed by atoms with van der Waals surface area (Å²) in [7, 11) is 1.83. The lowest BCUT2D eigenvalue weighted by Gasteiger charge is -2.33. The first-order valence-corrected chi connectivity index (χ1v) is 11.4. The van der Waals surface area contributed by atoms with Gasteiger partial charge in [-0.15, -0.1) is 24.0 Å². The number of imidazole rings is 1. The fourth-order valence-electron chi connectivity index (χ4n) is 4.46. The van der Waals surface area contributed by atoms with Gasteiger partial charge in [0, 0.05) is 26.7 Å². The number of piperidine rings is 1. The Morgan fingerprint density at radius 2 is 1.94 bits per heavy atom. The molecule has 1 saturated heterocycles. The Hall–Kier alpha value is -2.07. The zero-order valence-corrected chi connectivity index (χ0v) is 21.4. The number of nitrogens with one attached hydrogen (secondary N) is 2. The van der Waals surface area contributed by atoms with E-state index in [1.807, 2.05) is 19.2 Å². The van der Waals surface area contributed by atoms with Gasteiger partial charge in [0.15, 0.2) is 5.96 Å². The highest BCUT2D eigenvalue weighted by molar-refractivity contribution is 14.0. The molecule has 0 radical (unpaired) electrons. The second kappa shape index (κ2) is 12.2. The van der Waals surface area contributed by atoms with Crippen LogP contribution in [0, 0.1) is 6.92 Å². The fraction of sp³-hybridized carbons (Fsp3) is 0.500. The average Bonchev–Trinajstić information content (AvgIpc) is 3.44. The first-order valence-electron chi connectivity index (χ1n) is 11.4. The molecule has 8 heteroatoms. The molecule has 32 heavy (non-hydrogen) atoms. The molecule has 4 rings (SSSR count). The third kappa shape index (κ3) is 6.04. The van der Waals surface area contributed by atoms with E-state index in [0.717, 1.165) is 62.2 Å². The summed E-state index contributed by atoms with van der Waals surface area (Å²) in [4.78, 5) is 11.6. The fourth-order valence-corrected chi connectivity index (χ4v) is 4.46. The van der Waals surface area contributed by atoms with Gasteiger partial charge in [0.25, 0.3) is 0 Å². The van der Waals surface area contributed by atoms with Crippen molar-refractivity contribution in [3.8, 4) is 0 Å². The van der Waals surface area contributed by atoms with Gasteiger partial charge in [-0.2, -0.15) is 0 Å². The summed E-state index contributed by atoms with van der Waals surface area (Å²) < 4.78 is 8.04. The van der Waals surface area contributed by atoms with E-state index in [-0.39, 0.29) is 30.0 Å². The predicted octanol–water partition coefficient (Wildman–Crippen LogP) is 4.34. The van der Waals surface area contributed by atoms with Crippen molar-refractivity contribution in [3.05, 3.63) is 54.2 Å². The summed E-state index contributed by atoms with van der Waals surface area (Å²) in [5, 5.41) is 6.97. The second-order valence-electron chi connectivity index (χ2n) is 8.16. The van der Waals surface area contributed by atoms with Crippen LogP contribution in [-0.2, 0) is 6.54 Å². The van der Waals surface area contributed by atoms with Gasteiger partial charge in [-0.3, -0.25) is 9.89 Å². The number of rotatable bonds is 8. The Bertz CT molecular complexity index is 978. The molecule has 2 N–H and O–H groups in total. The molecule has 1 atom stereocenters. The number of fused-ring (bicyclic) bond motifs is 1. The molecule has 1 unspecified atom stereocenters. The minimum Gasteiger partial charge on any atom is -0.468 e. The van der Waals surface area contributed by atoms with Gasteiger partial charge in [-0.25, -0.2) is 4.98 Å². The van der Waals surface area contributed by atoms with Crippen LogP contribution in [0.25, 0.3) is 11.0 Å². The van der Waals surface area contributed by atoms with Crippen LogP contribution in [0.5, 0.6) is 0 Å². The van der Waals surface area contributed by atoms with Gasteiger partial charge in [-0.1, -0.05) is 18.6 Å². The summed E-state index contributed by atoms with van der Waals surface area (Å²) >= 11 is 0. The Kier molecular flexibility index (Phi) is 9.40. The van der Waals surface area contributed by atoms with Gasteiger partial charge >= 0.3 is 0 Å². The third-order valence-corrected chi connectivity index (χ3v) is 6.09. The number of aryl methyl sites for hydroxylation is 2. The van der Waals surface area contributed by atoms with Crippen LogP contribution in [0.4, 0.5) is 0 Å². The monoisotopic (exact) mass is 550 g/mol. The van der Waals surface area contributed by atoms with Crippen molar-refractivity contribution in [2.24, 2.45) is 4.99 Å². The maximum Gasteiger partial charge on any atom is 0.191 e. The molecule has 1 fully saturated rings. The molecule has 1 aromatic carbocycles. The van der Waals surface area contributed by atoms with Crippen LogP contribution in [0.1, 0.15) is 43.3 Å². The minimum absolute atomic E-state index is 0. The number of furan rings is 1. The number of halogens is 1. The molecule has 0 spiro atoms. The van der Waals surface area contributed by atoms with Crippen molar-refractivity contribution in [3.63, 3.8) is 0 Å². The third-order valence-electron chi connectivity index (χ3n) is 6.09. The van der Waals surface area contributed by atoms with Crippen LogP contribution in [0.15, 0.2) is 52.1 Å². The number of aliphatic imine (C=N–C) groups is 1. The van der Waals surface area contributed by atoms with Gasteiger partial charge in [0.05, 0.1) is 23.3 Å². The summed E-state index contributed by atoms with van der Waals surface area (Å²) in [6.07, 6.45) is 6.60. The zero-order chi connectivity index (χ0) is 21.5. The van der Waals surface area contributed by atoms with E-state index in [9.17, 15) is 0 Å². The van der Waals surface area contributed by atoms with E-state index in [4.69, 9.17) is 4.42 Å². The molecule has 174 valence electrons. The van der Waals surface area contributed by atoms with Crippen molar-refractivity contribution in [1.82, 2.24) is 25.1 Å². The standard InChI is InChI=1S/C24H34N6O.HI/c1-19-28-20-10-4-5-11-21(20)30(19)16-9-13-26-24(25-2)27-18-22(23-12-8-17-31-23)29-14-6-3-7-15-29;/h4-5,8,10-12,17,22H,3,6-7,9,13-16,18H2,1-2H3,(H2,25,26,27);1H. The van der Waals surface area contributed by atoms with E-state index >= 15 is 0 Å². The summed E-state index contributed by atoms with van der Waals surface area (Å²) in [5.74, 6) is 2.92. The molecule has 0 aliphatic carbocycles. The normalized spacial score (nSPS) is 16.0. The van der Waals surface area contributed by atoms with Crippen LogP contribution in [-0.4, -0.2) is 53.6 Å². The maximum absolute atomic E-state index is 5.75. The molecule has 2 aromatic heterocycles. The van der Waals surface area contributed by atoms with Crippen LogP contribution in [0.2, 0.25) is 0 Å². The topological polar surface area (TPSA) is 70.6 Å². The SMILES string of the molecule is CN=C(NCCCn1c(C)nc2ccccc21)NCC(c1ccco1)N1CCCCC1.I. The second-order valence-corrected chi connectivity index (χ2v) is 8.16. The molecule has 3 heterocycles. The molecule has 0 bridgehead atoms.